The van der Waals surface area contributed by atoms with Crippen LogP contribution in [-0.2, 0) is 25.8 Å². The average molecular weight is 582 g/mol. The van der Waals surface area contributed by atoms with E-state index in [1.54, 1.807) is 42.5 Å². The van der Waals surface area contributed by atoms with Gasteiger partial charge in [-0.15, -0.1) is 0 Å². The first-order valence-corrected chi connectivity index (χ1v) is 15.1. The van der Waals surface area contributed by atoms with Gasteiger partial charge in [-0.3, -0.25) is 9.59 Å². The summed E-state index contributed by atoms with van der Waals surface area (Å²) in [7, 11) is -3.47. The number of rotatable bonds is 12. The quantitative estimate of drug-likeness (QED) is 0.245. The van der Waals surface area contributed by atoms with Crippen LogP contribution in [0.4, 0.5) is 11.4 Å². The normalized spacial score (nSPS) is 14.2. The van der Waals surface area contributed by atoms with Gasteiger partial charge in [0, 0.05) is 29.2 Å². The Kier molecular flexibility index (Phi) is 9.29. The number of carboxylic acid groups (broad SMARTS) is 1. The fourth-order valence-corrected chi connectivity index (χ4v) is 6.06. The van der Waals surface area contributed by atoms with Gasteiger partial charge in [0.1, 0.15) is 0 Å². The van der Waals surface area contributed by atoms with Crippen molar-refractivity contribution in [2.24, 2.45) is 0 Å². The molecular formula is C30H32ClN3O5S. The number of hydrogen-bond acceptors (Lipinski definition) is 6. The molecule has 1 amide bonds. The number of amides is 1. The molecule has 3 aromatic rings. The lowest BCUT2D eigenvalue weighted by atomic mass is 9.98. The Morgan fingerprint density at radius 2 is 1.75 bits per heavy atom. The molecule has 4 rings (SSSR count). The average Bonchev–Trinajstić information content (AvgIpc) is 3.25. The Labute approximate surface area is 239 Å². The number of aliphatic carboxylic acids is 1. The van der Waals surface area contributed by atoms with E-state index in [1.807, 2.05) is 38.1 Å². The molecule has 3 N–H and O–H groups in total. The molecule has 0 aromatic heterocycles. The van der Waals surface area contributed by atoms with E-state index in [1.165, 1.54) is 0 Å². The Morgan fingerprint density at radius 3 is 2.42 bits per heavy atom. The molecule has 210 valence electrons. The summed E-state index contributed by atoms with van der Waals surface area (Å²) < 4.78 is 25.9. The second-order valence-corrected chi connectivity index (χ2v) is 12.0. The highest BCUT2D eigenvalue weighted by atomic mass is 35.5. The van der Waals surface area contributed by atoms with E-state index in [0.717, 1.165) is 18.7 Å². The highest BCUT2D eigenvalue weighted by molar-refractivity contribution is 7.91. The van der Waals surface area contributed by atoms with Crippen LogP contribution in [0.1, 0.15) is 37.0 Å². The summed E-state index contributed by atoms with van der Waals surface area (Å²) in [5.41, 5.74) is 4.25. The summed E-state index contributed by atoms with van der Waals surface area (Å²) in [6.07, 6.45) is 0.318. The third kappa shape index (κ3) is 6.91. The summed E-state index contributed by atoms with van der Waals surface area (Å²) in [5, 5.41) is 15.8. The Morgan fingerprint density at radius 1 is 1.02 bits per heavy atom. The lowest BCUT2D eigenvalue weighted by Gasteiger charge is -2.18. The SMILES string of the molecule is CCN(CC)CCS(=O)(=O)c1ccc(NC(=C2C(=O)Nc3cc(Cl)ccc32)c2cccc(CCC(=O)O)c2)cc1. The van der Waals surface area contributed by atoms with Crippen LogP contribution in [0.15, 0.2) is 71.6 Å². The molecule has 40 heavy (non-hydrogen) atoms. The van der Waals surface area contributed by atoms with E-state index >= 15 is 0 Å². The van der Waals surface area contributed by atoms with E-state index < -0.39 is 15.8 Å². The number of benzene rings is 3. The van der Waals surface area contributed by atoms with Gasteiger partial charge >= 0.3 is 5.97 Å². The van der Waals surface area contributed by atoms with Gasteiger partial charge in [0.25, 0.3) is 5.91 Å². The summed E-state index contributed by atoms with van der Waals surface area (Å²) >= 11 is 6.15. The Bertz CT molecular complexity index is 1550. The smallest absolute Gasteiger partial charge is 0.303 e. The molecule has 0 saturated carbocycles. The molecule has 1 aliphatic rings. The largest absolute Gasteiger partial charge is 0.481 e. The summed E-state index contributed by atoms with van der Waals surface area (Å²) in [4.78, 5) is 26.6. The summed E-state index contributed by atoms with van der Waals surface area (Å²) in [6.45, 7) is 6.03. The van der Waals surface area contributed by atoms with Crippen molar-refractivity contribution in [2.45, 2.75) is 31.6 Å². The van der Waals surface area contributed by atoms with Crippen molar-refractivity contribution >= 4 is 56.0 Å². The van der Waals surface area contributed by atoms with Crippen LogP contribution in [0.5, 0.6) is 0 Å². The number of hydrogen-bond donors (Lipinski definition) is 3. The predicted octanol–water partition coefficient (Wildman–Crippen LogP) is 5.41. The highest BCUT2D eigenvalue weighted by Gasteiger charge is 2.29. The number of aryl methyl sites for hydroxylation is 1. The van der Waals surface area contributed by atoms with Gasteiger partial charge in [-0.2, -0.15) is 0 Å². The molecule has 0 saturated heterocycles. The predicted molar refractivity (Wildman–Crippen MR) is 159 cm³/mol. The molecule has 0 spiro atoms. The first kappa shape index (κ1) is 29.3. The summed E-state index contributed by atoms with van der Waals surface area (Å²) in [5.74, 6) is -1.18. The van der Waals surface area contributed by atoms with Crippen molar-refractivity contribution in [2.75, 3.05) is 36.0 Å². The van der Waals surface area contributed by atoms with Crippen molar-refractivity contribution in [3.05, 3.63) is 88.4 Å². The molecule has 0 fully saturated rings. The van der Waals surface area contributed by atoms with Crippen LogP contribution >= 0.6 is 11.6 Å². The number of halogens is 1. The van der Waals surface area contributed by atoms with Gasteiger partial charge in [0.2, 0.25) is 0 Å². The highest BCUT2D eigenvalue weighted by Crippen LogP contribution is 2.39. The molecule has 1 aliphatic heterocycles. The molecule has 8 nitrogen and oxygen atoms in total. The third-order valence-corrected chi connectivity index (χ3v) is 8.82. The molecule has 3 aromatic carbocycles. The van der Waals surface area contributed by atoms with Crippen molar-refractivity contribution in [3.63, 3.8) is 0 Å². The molecule has 0 radical (unpaired) electrons. The van der Waals surface area contributed by atoms with Crippen LogP contribution in [0, 0.1) is 0 Å². The molecule has 0 aliphatic carbocycles. The van der Waals surface area contributed by atoms with Crippen LogP contribution in [0.3, 0.4) is 0 Å². The van der Waals surface area contributed by atoms with Crippen molar-refractivity contribution < 1.29 is 23.1 Å². The first-order chi connectivity index (χ1) is 19.1. The van der Waals surface area contributed by atoms with Gasteiger partial charge in [0.05, 0.1) is 27.6 Å². The van der Waals surface area contributed by atoms with Gasteiger partial charge in [-0.25, -0.2) is 8.42 Å². The lowest BCUT2D eigenvalue weighted by Crippen LogP contribution is -2.29. The number of carbonyl (C=O) groups is 2. The maximum absolute atomic E-state index is 13.2. The fraction of sp³-hybridized carbons (Fsp3) is 0.267. The zero-order valence-electron chi connectivity index (χ0n) is 22.4. The number of sulfone groups is 1. The first-order valence-electron chi connectivity index (χ1n) is 13.1. The van der Waals surface area contributed by atoms with Gasteiger partial charge in [0.15, 0.2) is 9.84 Å². The van der Waals surface area contributed by atoms with E-state index in [-0.39, 0.29) is 23.0 Å². The fourth-order valence-electron chi connectivity index (χ4n) is 4.60. The number of carbonyl (C=O) groups excluding carboxylic acids is 1. The number of nitrogens with one attached hydrogen (secondary N) is 2. The van der Waals surface area contributed by atoms with Crippen LogP contribution in [0.2, 0.25) is 5.02 Å². The van der Waals surface area contributed by atoms with Crippen molar-refractivity contribution in [1.29, 1.82) is 0 Å². The minimum atomic E-state index is -3.47. The molecule has 1 heterocycles. The zero-order valence-corrected chi connectivity index (χ0v) is 24.0. The molecular weight excluding hydrogens is 550 g/mol. The van der Waals surface area contributed by atoms with Crippen molar-refractivity contribution in [3.8, 4) is 0 Å². The Hall–Kier alpha value is -3.66. The van der Waals surface area contributed by atoms with Crippen LogP contribution in [0.25, 0.3) is 11.3 Å². The number of carboxylic acids is 1. The van der Waals surface area contributed by atoms with Gasteiger partial charge in [-0.05, 0) is 73.1 Å². The van der Waals surface area contributed by atoms with Gasteiger partial charge < -0.3 is 20.6 Å². The van der Waals surface area contributed by atoms with E-state index in [9.17, 15) is 18.0 Å². The van der Waals surface area contributed by atoms with Crippen LogP contribution < -0.4 is 10.6 Å². The third-order valence-electron chi connectivity index (χ3n) is 6.87. The minimum absolute atomic E-state index is 0.0190. The van der Waals surface area contributed by atoms with Gasteiger partial charge in [-0.1, -0.05) is 49.7 Å². The molecule has 0 bridgehead atoms. The van der Waals surface area contributed by atoms with Crippen molar-refractivity contribution in [1.82, 2.24) is 4.90 Å². The monoisotopic (exact) mass is 581 g/mol. The second kappa shape index (κ2) is 12.7. The topological polar surface area (TPSA) is 116 Å². The second-order valence-electron chi connectivity index (χ2n) is 9.48. The number of anilines is 2. The lowest BCUT2D eigenvalue weighted by molar-refractivity contribution is -0.137. The molecule has 10 heteroatoms. The van der Waals surface area contributed by atoms with E-state index in [4.69, 9.17) is 16.7 Å². The molecule has 0 unspecified atom stereocenters. The minimum Gasteiger partial charge on any atom is -0.481 e. The maximum atomic E-state index is 13.2. The standard InChI is InChI=1S/C30H32ClN3O5S/c1-3-34(4-2)16-17-40(38,39)24-12-10-23(11-13-24)32-29(21-7-5-6-20(18-21)8-15-27(35)36)28-25-14-9-22(31)19-26(25)33-30(28)37/h5-7,9-14,18-19,32H,3-4,8,15-17H2,1-2H3,(H,33,37)(H,35,36). The van der Waals surface area contributed by atoms with Crippen LogP contribution in [-0.4, -0.2) is 55.7 Å². The number of nitrogens with zero attached hydrogens (tertiary/aromatic N) is 1. The van der Waals surface area contributed by atoms with E-state index in [0.29, 0.717) is 51.8 Å². The van der Waals surface area contributed by atoms with E-state index in [2.05, 4.69) is 15.5 Å². The summed E-state index contributed by atoms with van der Waals surface area (Å²) in [6, 6.07) is 19.0. The maximum Gasteiger partial charge on any atom is 0.303 e. The number of fused-ring (bicyclic) bond motifs is 1. The zero-order chi connectivity index (χ0) is 28.9. The Balaban J connectivity index is 1.71. The molecule has 0 atom stereocenters.